The number of piperazine rings is 1. The minimum atomic E-state index is -4.88. The molecule has 1 aliphatic rings. The van der Waals surface area contributed by atoms with Gasteiger partial charge in [0.25, 0.3) is 17.4 Å². The third-order valence-corrected chi connectivity index (χ3v) is 12.4. The molecule has 13 nitrogen and oxygen atoms in total. The fourth-order valence-corrected chi connectivity index (χ4v) is 8.67. The second-order valence-corrected chi connectivity index (χ2v) is 17.0. The van der Waals surface area contributed by atoms with Gasteiger partial charge in [0, 0.05) is 55.9 Å². The summed E-state index contributed by atoms with van der Waals surface area (Å²) in [6.07, 6.45) is -1.96. The number of hydrogen-bond donors (Lipinski definition) is 4. The number of H-pyrrole nitrogens is 1. The topological polar surface area (TPSA) is 189 Å². The second-order valence-electron chi connectivity index (χ2n) is 15.0. The van der Waals surface area contributed by atoms with E-state index in [0.29, 0.717) is 72.9 Å². The van der Waals surface area contributed by atoms with Crippen molar-refractivity contribution in [2.75, 3.05) is 55.7 Å². The van der Waals surface area contributed by atoms with Crippen molar-refractivity contribution in [3.63, 3.8) is 0 Å². The molecule has 61 heavy (non-hydrogen) atoms. The fraction of sp³-hybridized carbons (Fsp3) is 0.326. The molecule has 18 heteroatoms. The van der Waals surface area contributed by atoms with Gasteiger partial charge in [-0.2, -0.15) is 23.5 Å². The van der Waals surface area contributed by atoms with E-state index in [-0.39, 0.29) is 27.6 Å². The Bertz CT molecular complexity index is 2620. The molecular formula is C43H43F4N7O6S. The Labute approximate surface area is 348 Å². The smallest absolute Gasteiger partial charge is 0.385 e. The van der Waals surface area contributed by atoms with Crippen molar-refractivity contribution in [2.24, 2.45) is 0 Å². The van der Waals surface area contributed by atoms with Gasteiger partial charge in [0.2, 0.25) is 0 Å². The average Bonchev–Trinajstić information content (AvgIpc) is 3.23. The van der Waals surface area contributed by atoms with Gasteiger partial charge in [0.15, 0.2) is 15.4 Å². The number of rotatable bonds is 15. The highest BCUT2D eigenvalue weighted by atomic mass is 32.2. The van der Waals surface area contributed by atoms with Crippen LogP contribution in [0.15, 0.2) is 94.6 Å². The number of halogens is 4. The first-order valence-corrected chi connectivity index (χ1v) is 21.1. The number of nitrogens with one attached hydrogen (secondary N) is 3. The van der Waals surface area contributed by atoms with E-state index in [1.807, 2.05) is 6.07 Å². The Morgan fingerprint density at radius 3 is 2.30 bits per heavy atom. The third-order valence-electron chi connectivity index (χ3n) is 10.4. The number of unbranched alkanes of at least 4 members (excludes halogenated alkanes) is 2. The maximum atomic E-state index is 14.9. The van der Waals surface area contributed by atoms with Crippen LogP contribution in [0, 0.1) is 17.1 Å². The summed E-state index contributed by atoms with van der Waals surface area (Å²) in [7, 11) is -4.22. The number of alkyl halides is 3. The highest BCUT2D eigenvalue weighted by molar-refractivity contribution is 7.91. The molecule has 5 aromatic rings. The molecule has 2 amide bonds. The number of nitriles is 1. The Morgan fingerprint density at radius 2 is 1.61 bits per heavy atom. The molecule has 0 radical (unpaired) electrons. The quantitative estimate of drug-likeness (QED) is 0.0746. The lowest BCUT2D eigenvalue weighted by Gasteiger charge is -2.35. The molecular weight excluding hydrogens is 819 g/mol. The molecule has 1 aliphatic heterocycles. The van der Waals surface area contributed by atoms with E-state index in [0.717, 1.165) is 44.9 Å². The van der Waals surface area contributed by atoms with Crippen molar-refractivity contribution in [1.29, 1.82) is 5.26 Å². The number of nitrogens with zero attached hydrogens (tertiary/aromatic N) is 4. The number of carbonyl (C=O) groups excluding carboxylic acids is 2. The Hall–Kier alpha value is -6.16. The van der Waals surface area contributed by atoms with Gasteiger partial charge in [-0.1, -0.05) is 30.7 Å². The molecule has 4 N–H and O–H groups in total. The highest BCUT2D eigenvalue weighted by Gasteiger charge is 2.38. The minimum Gasteiger partial charge on any atom is -0.385 e. The predicted molar refractivity (Wildman–Crippen MR) is 220 cm³/mol. The highest BCUT2D eigenvalue weighted by Crippen LogP contribution is 2.34. The number of sulfone groups is 1. The van der Waals surface area contributed by atoms with Crippen molar-refractivity contribution in [3.05, 3.63) is 129 Å². The first-order chi connectivity index (χ1) is 28.9. The lowest BCUT2D eigenvalue weighted by Crippen LogP contribution is -2.49. The molecule has 0 spiro atoms. The van der Waals surface area contributed by atoms with Crippen LogP contribution in [0.3, 0.4) is 0 Å². The number of aromatic amines is 1. The standard InChI is InChI=1S/C43H43F4N7O6S/c1-42(58,41(57)50-31-11-10-29(26-48)36(25-31)43(45,46)47)27-61(59,60)32-14-12-30(13-15-32)49-17-5-2-6-18-53-19-21-54(22-20-53)40(56)35-23-28(9-16-37(35)44)24-38-33-7-3-4-8-34(33)39(55)52-51-38/h3-4,7-16,23,25,49,58H,2,5-6,17-22,24,27H2,1H3,(H,50,57)(H,52,55). The van der Waals surface area contributed by atoms with Crippen molar-refractivity contribution >= 4 is 43.8 Å². The number of hydrogen-bond acceptors (Lipinski definition) is 10. The van der Waals surface area contributed by atoms with E-state index >= 15 is 0 Å². The first-order valence-electron chi connectivity index (χ1n) is 19.4. The lowest BCUT2D eigenvalue weighted by atomic mass is 10.0. The number of carbonyl (C=O) groups is 2. The Kier molecular flexibility index (Phi) is 13.6. The largest absolute Gasteiger partial charge is 0.417 e. The normalized spacial score (nSPS) is 14.6. The molecule has 1 unspecified atom stereocenters. The molecule has 6 rings (SSSR count). The number of anilines is 2. The van der Waals surface area contributed by atoms with Crippen LogP contribution >= 0.6 is 0 Å². The van der Waals surface area contributed by atoms with Crippen LogP contribution in [0.1, 0.15) is 58.9 Å². The van der Waals surface area contributed by atoms with Crippen LogP contribution in [0.2, 0.25) is 0 Å². The van der Waals surface area contributed by atoms with Crippen LogP contribution < -0.4 is 16.2 Å². The van der Waals surface area contributed by atoms with Gasteiger partial charge < -0.3 is 20.6 Å². The minimum absolute atomic E-state index is 0.00558. The maximum absolute atomic E-state index is 14.9. The number of aliphatic hydroxyl groups is 1. The van der Waals surface area contributed by atoms with E-state index in [2.05, 4.69) is 25.7 Å². The van der Waals surface area contributed by atoms with E-state index in [1.54, 1.807) is 47.4 Å². The van der Waals surface area contributed by atoms with Crippen LogP contribution in [0.4, 0.5) is 28.9 Å². The third kappa shape index (κ3) is 11.0. The number of fused-ring (bicyclic) bond motifs is 1. The summed E-state index contributed by atoms with van der Waals surface area (Å²) in [5, 5.41) is 32.9. The fourth-order valence-electron chi connectivity index (χ4n) is 7.08. The van der Waals surface area contributed by atoms with E-state index in [9.17, 15) is 45.5 Å². The maximum Gasteiger partial charge on any atom is 0.417 e. The SMILES string of the molecule is CC(O)(CS(=O)(=O)c1ccc(NCCCCCN2CCN(C(=O)c3cc(Cc4n[nH]c(=O)c5ccccc45)ccc3F)CC2)cc1)C(=O)Nc1ccc(C#N)c(C(F)(F)F)c1. The molecule has 4 aromatic carbocycles. The number of amides is 2. The van der Waals surface area contributed by atoms with Gasteiger partial charge in [0.05, 0.1) is 44.5 Å². The van der Waals surface area contributed by atoms with Crippen LogP contribution in [0.25, 0.3) is 10.8 Å². The summed E-state index contributed by atoms with van der Waals surface area (Å²) in [5.74, 6) is -3.27. The zero-order valence-corrected chi connectivity index (χ0v) is 33.9. The Balaban J connectivity index is 0.907. The van der Waals surface area contributed by atoms with E-state index in [1.165, 1.54) is 24.3 Å². The first kappa shape index (κ1) is 44.4. The summed E-state index contributed by atoms with van der Waals surface area (Å²) in [6.45, 7) is 4.57. The number of aromatic nitrogens is 2. The molecule has 1 fully saturated rings. The lowest BCUT2D eigenvalue weighted by molar-refractivity contribution is -0.137. The summed E-state index contributed by atoms with van der Waals surface area (Å²) in [6, 6.07) is 21.2. The van der Waals surface area contributed by atoms with Crippen LogP contribution in [-0.2, 0) is 27.2 Å². The van der Waals surface area contributed by atoms with Crippen molar-refractivity contribution in [3.8, 4) is 6.07 Å². The van der Waals surface area contributed by atoms with Gasteiger partial charge in [-0.25, -0.2) is 17.9 Å². The van der Waals surface area contributed by atoms with Crippen molar-refractivity contribution in [1.82, 2.24) is 20.0 Å². The summed E-state index contributed by atoms with van der Waals surface area (Å²) >= 11 is 0. The van der Waals surface area contributed by atoms with Crippen molar-refractivity contribution < 1.29 is 40.7 Å². The predicted octanol–water partition coefficient (Wildman–Crippen LogP) is 5.75. The van der Waals surface area contributed by atoms with Crippen molar-refractivity contribution in [2.45, 2.75) is 49.3 Å². The summed E-state index contributed by atoms with van der Waals surface area (Å²) in [4.78, 5) is 42.1. The molecule has 0 aliphatic carbocycles. The average molecular weight is 862 g/mol. The van der Waals surface area contributed by atoms with Gasteiger partial charge in [-0.3, -0.25) is 19.3 Å². The molecule has 2 heterocycles. The zero-order valence-electron chi connectivity index (χ0n) is 33.1. The summed E-state index contributed by atoms with van der Waals surface area (Å²) in [5.41, 5.74) is -3.18. The van der Waals surface area contributed by atoms with Gasteiger partial charge in [0.1, 0.15) is 5.82 Å². The van der Waals surface area contributed by atoms with Crippen LogP contribution in [0.5, 0.6) is 0 Å². The summed E-state index contributed by atoms with van der Waals surface area (Å²) < 4.78 is 81.1. The molecule has 320 valence electrons. The molecule has 0 bridgehead atoms. The van der Waals surface area contributed by atoms with E-state index in [4.69, 9.17) is 5.26 Å². The van der Waals surface area contributed by atoms with Gasteiger partial charge in [-0.05, 0) is 92.5 Å². The molecule has 1 aromatic heterocycles. The zero-order chi connectivity index (χ0) is 44.0. The second kappa shape index (κ2) is 18.6. The molecule has 0 saturated carbocycles. The van der Waals surface area contributed by atoms with Crippen LogP contribution in [-0.4, -0.2) is 96.0 Å². The van der Waals surface area contributed by atoms with E-state index < -0.39 is 50.2 Å². The Morgan fingerprint density at radius 1 is 0.918 bits per heavy atom. The number of benzene rings is 4. The van der Waals surface area contributed by atoms with Gasteiger partial charge >= 0.3 is 6.18 Å². The molecule has 1 atom stereocenters. The van der Waals surface area contributed by atoms with Gasteiger partial charge in [-0.15, -0.1) is 0 Å². The monoisotopic (exact) mass is 861 g/mol. The molecule has 1 saturated heterocycles.